The van der Waals surface area contributed by atoms with Crippen LogP contribution in [0.5, 0.6) is 5.75 Å². The van der Waals surface area contributed by atoms with Crippen molar-refractivity contribution in [3.8, 4) is 5.75 Å². The lowest BCUT2D eigenvalue weighted by Gasteiger charge is -2.37. The second kappa shape index (κ2) is 6.34. The van der Waals surface area contributed by atoms with Gasteiger partial charge in [0.25, 0.3) is 0 Å². The molecule has 6 heteroatoms. The third kappa shape index (κ3) is 3.48. The maximum atomic E-state index is 11.4. The van der Waals surface area contributed by atoms with Crippen molar-refractivity contribution in [3.05, 3.63) is 27.3 Å². The predicted octanol–water partition coefficient (Wildman–Crippen LogP) is 3.42. The van der Waals surface area contributed by atoms with Gasteiger partial charge in [-0.05, 0) is 53.0 Å². The zero-order valence-corrected chi connectivity index (χ0v) is 14.5. The van der Waals surface area contributed by atoms with Crippen LogP contribution >= 0.6 is 34.4 Å². The first-order valence-electron chi connectivity index (χ1n) is 6.99. The maximum absolute atomic E-state index is 11.4. The standard InChI is InChI=1S/C15H17IO4S/c16-10-1-2-13(12(7-10)14(17)18)20-11-3-5-19-15(8-11)4-6-21-9-15/h1-2,7,11H,3-6,8-9H2,(H,17,18). The van der Waals surface area contributed by atoms with Crippen LogP contribution in [0.1, 0.15) is 29.6 Å². The molecule has 0 saturated carbocycles. The molecule has 1 aromatic carbocycles. The number of rotatable bonds is 3. The van der Waals surface area contributed by atoms with E-state index in [1.54, 1.807) is 12.1 Å². The Bertz CT molecular complexity index is 542. The van der Waals surface area contributed by atoms with E-state index in [0.717, 1.165) is 34.3 Å². The molecule has 2 heterocycles. The molecule has 1 spiro atoms. The Morgan fingerprint density at radius 3 is 3.10 bits per heavy atom. The van der Waals surface area contributed by atoms with Crippen LogP contribution in [0.2, 0.25) is 0 Å². The van der Waals surface area contributed by atoms with Gasteiger partial charge in [0.05, 0.1) is 12.2 Å². The number of halogens is 1. The normalized spacial score (nSPS) is 28.7. The summed E-state index contributed by atoms with van der Waals surface area (Å²) >= 11 is 4.03. The fraction of sp³-hybridized carbons (Fsp3) is 0.533. The fourth-order valence-electron chi connectivity index (χ4n) is 2.90. The van der Waals surface area contributed by atoms with Gasteiger partial charge in [-0.25, -0.2) is 4.79 Å². The number of carboxylic acid groups (broad SMARTS) is 1. The topological polar surface area (TPSA) is 55.8 Å². The third-order valence-electron chi connectivity index (χ3n) is 3.98. The average molecular weight is 420 g/mol. The molecular formula is C15H17IO4S. The summed E-state index contributed by atoms with van der Waals surface area (Å²) in [5.74, 6) is 1.68. The van der Waals surface area contributed by atoms with Crippen LogP contribution in [0.4, 0.5) is 0 Å². The van der Waals surface area contributed by atoms with Gasteiger partial charge >= 0.3 is 5.97 Å². The Labute approximate surface area is 141 Å². The summed E-state index contributed by atoms with van der Waals surface area (Å²) in [4.78, 5) is 11.4. The molecule has 114 valence electrons. The molecular weight excluding hydrogens is 403 g/mol. The summed E-state index contributed by atoms with van der Waals surface area (Å²) in [6, 6.07) is 5.29. The van der Waals surface area contributed by atoms with Crippen LogP contribution in [0.15, 0.2) is 18.2 Å². The molecule has 0 bridgehead atoms. The van der Waals surface area contributed by atoms with Crippen LogP contribution in [-0.2, 0) is 4.74 Å². The minimum absolute atomic E-state index is 0.0376. The highest BCUT2D eigenvalue weighted by Gasteiger charge is 2.41. The smallest absolute Gasteiger partial charge is 0.339 e. The summed E-state index contributed by atoms with van der Waals surface area (Å²) in [5, 5.41) is 9.31. The molecule has 21 heavy (non-hydrogen) atoms. The second-order valence-corrected chi connectivity index (χ2v) is 7.86. The highest BCUT2D eigenvalue weighted by Crippen LogP contribution is 2.39. The number of hydrogen-bond donors (Lipinski definition) is 1. The van der Waals surface area contributed by atoms with Gasteiger partial charge in [-0.2, -0.15) is 11.8 Å². The van der Waals surface area contributed by atoms with E-state index in [-0.39, 0.29) is 17.3 Å². The van der Waals surface area contributed by atoms with Crippen LogP contribution in [0.3, 0.4) is 0 Å². The molecule has 0 aromatic heterocycles. The lowest BCUT2D eigenvalue weighted by Crippen LogP contribution is -2.44. The molecule has 2 aliphatic heterocycles. The van der Waals surface area contributed by atoms with Crippen molar-refractivity contribution in [1.29, 1.82) is 0 Å². The van der Waals surface area contributed by atoms with E-state index < -0.39 is 5.97 Å². The third-order valence-corrected chi connectivity index (χ3v) is 5.87. The van der Waals surface area contributed by atoms with Gasteiger partial charge in [0.15, 0.2) is 0 Å². The van der Waals surface area contributed by atoms with E-state index in [2.05, 4.69) is 22.6 Å². The van der Waals surface area contributed by atoms with Crippen LogP contribution in [0, 0.1) is 3.57 Å². The maximum Gasteiger partial charge on any atom is 0.339 e. The molecule has 1 N–H and O–H groups in total. The Balaban J connectivity index is 1.75. The summed E-state index contributed by atoms with van der Waals surface area (Å²) < 4.78 is 12.9. The average Bonchev–Trinajstić information content (AvgIpc) is 2.88. The zero-order chi connectivity index (χ0) is 14.9. The first-order valence-corrected chi connectivity index (χ1v) is 9.23. The van der Waals surface area contributed by atoms with Crippen molar-refractivity contribution < 1.29 is 19.4 Å². The van der Waals surface area contributed by atoms with E-state index in [4.69, 9.17) is 9.47 Å². The Kier molecular flexibility index (Phi) is 4.66. The quantitative estimate of drug-likeness (QED) is 0.760. The number of aromatic carboxylic acids is 1. The molecule has 2 atom stereocenters. The van der Waals surface area contributed by atoms with Crippen LogP contribution in [0.25, 0.3) is 0 Å². The molecule has 0 amide bonds. The van der Waals surface area contributed by atoms with Gasteiger partial charge < -0.3 is 14.6 Å². The zero-order valence-electron chi connectivity index (χ0n) is 11.5. The lowest BCUT2D eigenvalue weighted by atomic mass is 9.91. The monoisotopic (exact) mass is 420 g/mol. The van der Waals surface area contributed by atoms with Gasteiger partial charge in [0, 0.05) is 22.2 Å². The summed E-state index contributed by atoms with van der Waals surface area (Å²) in [6.07, 6.45) is 2.77. The second-order valence-electron chi connectivity index (χ2n) is 5.51. The largest absolute Gasteiger partial charge is 0.489 e. The van der Waals surface area contributed by atoms with Crippen molar-refractivity contribution in [2.24, 2.45) is 0 Å². The van der Waals surface area contributed by atoms with Crippen LogP contribution < -0.4 is 4.74 Å². The van der Waals surface area contributed by atoms with E-state index in [0.29, 0.717) is 12.4 Å². The van der Waals surface area contributed by atoms with E-state index in [9.17, 15) is 9.90 Å². The number of carbonyl (C=O) groups is 1. The van der Waals surface area contributed by atoms with Gasteiger partial charge in [0.2, 0.25) is 0 Å². The first-order chi connectivity index (χ1) is 10.1. The number of hydrogen-bond acceptors (Lipinski definition) is 4. The molecule has 4 nitrogen and oxygen atoms in total. The molecule has 2 saturated heterocycles. The summed E-state index contributed by atoms with van der Waals surface area (Å²) in [6.45, 7) is 0.692. The van der Waals surface area contributed by atoms with Crippen molar-refractivity contribution in [3.63, 3.8) is 0 Å². The van der Waals surface area contributed by atoms with Gasteiger partial charge in [0.1, 0.15) is 17.4 Å². The minimum Gasteiger partial charge on any atom is -0.489 e. The number of benzene rings is 1. The number of ether oxygens (including phenoxy) is 2. The van der Waals surface area contributed by atoms with Gasteiger partial charge in [-0.3, -0.25) is 0 Å². The van der Waals surface area contributed by atoms with Gasteiger partial charge in [-0.15, -0.1) is 0 Å². The SMILES string of the molecule is O=C(O)c1cc(I)ccc1OC1CCOC2(CCSC2)C1. The summed E-state index contributed by atoms with van der Waals surface area (Å²) in [5.41, 5.74) is 0.184. The molecule has 2 aliphatic rings. The first kappa shape index (κ1) is 15.4. The van der Waals surface area contributed by atoms with Crippen molar-refractivity contribution in [2.45, 2.75) is 31.0 Å². The highest BCUT2D eigenvalue weighted by molar-refractivity contribution is 14.1. The predicted molar refractivity (Wildman–Crippen MR) is 90.4 cm³/mol. The molecule has 3 rings (SSSR count). The Morgan fingerprint density at radius 2 is 2.38 bits per heavy atom. The molecule has 1 aromatic rings. The van der Waals surface area contributed by atoms with E-state index in [1.165, 1.54) is 0 Å². The van der Waals surface area contributed by atoms with E-state index in [1.807, 2.05) is 17.8 Å². The fourth-order valence-corrected chi connectivity index (χ4v) is 4.77. The van der Waals surface area contributed by atoms with Crippen molar-refractivity contribution in [1.82, 2.24) is 0 Å². The Hall–Kier alpha value is -0.470. The number of thioether (sulfide) groups is 1. The molecule has 2 fully saturated rings. The highest BCUT2D eigenvalue weighted by atomic mass is 127. The van der Waals surface area contributed by atoms with Crippen molar-refractivity contribution in [2.75, 3.05) is 18.1 Å². The van der Waals surface area contributed by atoms with Crippen LogP contribution in [-0.4, -0.2) is 40.9 Å². The Morgan fingerprint density at radius 1 is 1.52 bits per heavy atom. The minimum atomic E-state index is -0.943. The van der Waals surface area contributed by atoms with Gasteiger partial charge in [-0.1, -0.05) is 0 Å². The number of carboxylic acids is 1. The molecule has 0 aliphatic carbocycles. The molecule has 0 radical (unpaired) electrons. The molecule has 2 unspecified atom stereocenters. The van der Waals surface area contributed by atoms with Crippen molar-refractivity contribution >= 4 is 40.3 Å². The van der Waals surface area contributed by atoms with E-state index >= 15 is 0 Å². The summed E-state index contributed by atoms with van der Waals surface area (Å²) in [7, 11) is 0. The lowest BCUT2D eigenvalue weighted by molar-refractivity contribution is -0.0959.